The van der Waals surface area contributed by atoms with E-state index in [1.165, 1.54) is 12.8 Å². The molecule has 7 heavy (non-hydrogen) atoms. The fraction of sp³-hybridized carbons (Fsp3) is 1.00. The molecule has 0 atom stereocenters. The molecule has 0 amide bonds. The first-order chi connectivity index (χ1) is 3.10. The zero-order valence-electron chi connectivity index (χ0n) is 4.87. The minimum Gasteiger partial charge on any atom is -0.123 e. The predicted molar refractivity (Wildman–Crippen MR) is 32.7 cm³/mol. The molecule has 42 valence electrons. The summed E-state index contributed by atoms with van der Waals surface area (Å²) in [4.78, 5) is 0. The first-order valence-corrected chi connectivity index (χ1v) is 3.18. The van der Waals surface area contributed by atoms with E-state index < -0.39 is 0 Å². The molecule has 1 aliphatic carbocycles. The summed E-state index contributed by atoms with van der Waals surface area (Å²) < 4.78 is 0. The van der Waals surface area contributed by atoms with Crippen molar-refractivity contribution in [1.82, 2.24) is 0 Å². The van der Waals surface area contributed by atoms with Gasteiger partial charge in [-0.3, -0.25) is 0 Å². The largest absolute Gasteiger partial charge is 0.123 e. The molecule has 0 aliphatic heterocycles. The third-order valence-electron chi connectivity index (χ3n) is 1.55. The van der Waals surface area contributed by atoms with Gasteiger partial charge in [0.05, 0.1) is 0 Å². The Bertz CT molecular complexity index is 68.2. The van der Waals surface area contributed by atoms with Crippen LogP contribution in [0.2, 0.25) is 0 Å². The van der Waals surface area contributed by atoms with Gasteiger partial charge in [0.15, 0.2) is 0 Å². The molecule has 1 rings (SSSR count). The van der Waals surface area contributed by atoms with Gasteiger partial charge in [0.25, 0.3) is 0 Å². The Balaban J connectivity index is 2.29. The number of halogens is 1. The molecule has 0 aromatic heterocycles. The van der Waals surface area contributed by atoms with Crippen molar-refractivity contribution >= 4 is 11.6 Å². The van der Waals surface area contributed by atoms with Gasteiger partial charge >= 0.3 is 0 Å². The zero-order chi connectivity index (χ0) is 5.49. The quantitative estimate of drug-likeness (QED) is 0.429. The van der Waals surface area contributed by atoms with Gasteiger partial charge in [0.2, 0.25) is 0 Å². The van der Waals surface area contributed by atoms with Gasteiger partial charge in [-0.2, -0.15) is 0 Å². The monoisotopic (exact) mass is 118 g/mol. The van der Waals surface area contributed by atoms with Crippen molar-refractivity contribution in [2.45, 2.75) is 32.1 Å². The molecule has 0 aromatic rings. The molecule has 0 heterocycles. The van der Waals surface area contributed by atoms with Gasteiger partial charge in [-0.25, -0.2) is 0 Å². The van der Waals surface area contributed by atoms with Crippen LogP contribution in [0.25, 0.3) is 0 Å². The lowest BCUT2D eigenvalue weighted by Crippen LogP contribution is -2.31. The average molecular weight is 119 g/mol. The lowest BCUT2D eigenvalue weighted by molar-refractivity contribution is 0.197. The molecule has 0 N–H and O–H groups in total. The van der Waals surface area contributed by atoms with Crippen molar-refractivity contribution in [3.63, 3.8) is 0 Å². The van der Waals surface area contributed by atoms with Crippen molar-refractivity contribution in [3.8, 4) is 0 Å². The highest BCUT2D eigenvalue weighted by Gasteiger charge is 2.34. The topological polar surface area (TPSA) is 0 Å². The van der Waals surface area contributed by atoms with Crippen LogP contribution in [-0.4, -0.2) is 5.38 Å². The van der Waals surface area contributed by atoms with E-state index in [4.69, 9.17) is 11.6 Å². The maximum Gasteiger partial charge on any atom is 0.0346 e. The van der Waals surface area contributed by atoms with E-state index in [1.807, 2.05) is 0 Å². The van der Waals surface area contributed by atoms with E-state index in [-0.39, 0.29) is 0 Å². The van der Waals surface area contributed by atoms with Crippen molar-refractivity contribution in [3.05, 3.63) is 0 Å². The Hall–Kier alpha value is 0.290. The number of hydrogen-bond acceptors (Lipinski definition) is 0. The third kappa shape index (κ3) is 1.09. The van der Waals surface area contributed by atoms with Gasteiger partial charge in [0, 0.05) is 5.38 Å². The van der Waals surface area contributed by atoms with Crippen LogP contribution in [-0.2, 0) is 0 Å². The van der Waals surface area contributed by atoms with Crippen molar-refractivity contribution in [2.24, 2.45) is 5.41 Å². The van der Waals surface area contributed by atoms with Crippen molar-refractivity contribution in [1.29, 1.82) is 0 Å². The van der Waals surface area contributed by atoms with Crippen LogP contribution in [0.3, 0.4) is 0 Å². The van der Waals surface area contributed by atoms with E-state index in [1.54, 1.807) is 0 Å². The second-order valence-corrected chi connectivity index (χ2v) is 3.79. The summed E-state index contributed by atoms with van der Waals surface area (Å²) in [7, 11) is 0. The lowest BCUT2D eigenvalue weighted by Gasteiger charge is -2.38. The normalized spacial score (nSPS) is 29.6. The Morgan fingerprint density at radius 3 is 1.86 bits per heavy atom. The van der Waals surface area contributed by atoms with E-state index >= 15 is 0 Å². The first kappa shape index (κ1) is 5.43. The molecule has 0 aromatic carbocycles. The van der Waals surface area contributed by atoms with Crippen LogP contribution in [0.1, 0.15) is 26.7 Å². The lowest BCUT2D eigenvalue weighted by atomic mass is 9.72. The molecule has 1 aliphatic rings. The molecule has 0 nitrogen and oxygen atoms in total. The Labute approximate surface area is 49.9 Å². The van der Waals surface area contributed by atoms with Gasteiger partial charge in [-0.15, -0.1) is 11.6 Å². The molecular weight excluding hydrogens is 108 g/mol. The van der Waals surface area contributed by atoms with Crippen molar-refractivity contribution in [2.75, 3.05) is 0 Å². The minimum atomic E-state index is 0.481. The summed E-state index contributed by atoms with van der Waals surface area (Å²) in [6.07, 6.45) is 2.41. The van der Waals surface area contributed by atoms with Crippen LogP contribution < -0.4 is 0 Å². The van der Waals surface area contributed by atoms with Crippen LogP contribution >= 0.6 is 11.6 Å². The fourth-order valence-corrected chi connectivity index (χ4v) is 1.97. The van der Waals surface area contributed by atoms with Crippen LogP contribution in [0.4, 0.5) is 0 Å². The molecule has 0 bridgehead atoms. The highest BCUT2D eigenvalue weighted by atomic mass is 35.5. The van der Waals surface area contributed by atoms with Crippen molar-refractivity contribution < 1.29 is 0 Å². The smallest absolute Gasteiger partial charge is 0.0346 e. The molecule has 1 saturated carbocycles. The number of alkyl halides is 1. The summed E-state index contributed by atoms with van der Waals surface area (Å²) >= 11 is 5.73. The molecular formula is C6H11Cl. The maximum atomic E-state index is 5.73. The van der Waals surface area contributed by atoms with Gasteiger partial charge < -0.3 is 0 Å². The molecule has 0 spiro atoms. The molecule has 0 saturated heterocycles. The van der Waals surface area contributed by atoms with Gasteiger partial charge in [0.1, 0.15) is 0 Å². The molecule has 1 heteroatoms. The summed E-state index contributed by atoms with van der Waals surface area (Å²) in [6, 6.07) is 0. The third-order valence-corrected chi connectivity index (χ3v) is 1.86. The second kappa shape index (κ2) is 1.38. The summed E-state index contributed by atoms with van der Waals surface area (Å²) in [6.45, 7) is 4.51. The van der Waals surface area contributed by atoms with Gasteiger partial charge in [-0.05, 0) is 18.3 Å². The maximum absolute atomic E-state index is 5.73. The van der Waals surface area contributed by atoms with Gasteiger partial charge in [-0.1, -0.05) is 13.8 Å². The first-order valence-electron chi connectivity index (χ1n) is 2.74. The molecule has 0 radical (unpaired) electrons. The zero-order valence-corrected chi connectivity index (χ0v) is 5.63. The number of hydrogen-bond donors (Lipinski definition) is 0. The van der Waals surface area contributed by atoms with E-state index in [2.05, 4.69) is 13.8 Å². The molecule has 1 fully saturated rings. The Morgan fingerprint density at radius 2 is 1.86 bits per heavy atom. The highest BCUT2D eigenvalue weighted by molar-refractivity contribution is 6.21. The number of rotatable bonds is 0. The second-order valence-electron chi connectivity index (χ2n) is 3.17. The summed E-state index contributed by atoms with van der Waals surface area (Å²) in [5.41, 5.74) is 0.562. The van der Waals surface area contributed by atoms with E-state index in [0.717, 1.165) is 0 Å². The fourth-order valence-electron chi connectivity index (χ4n) is 1.14. The predicted octanol–water partition coefficient (Wildman–Crippen LogP) is 2.41. The van der Waals surface area contributed by atoms with E-state index in [9.17, 15) is 0 Å². The van der Waals surface area contributed by atoms with E-state index in [0.29, 0.717) is 10.8 Å². The SMILES string of the molecule is CC1(C)CC(Cl)C1. The average Bonchev–Trinajstić information content (AvgIpc) is 1.27. The Kier molecular flexibility index (Phi) is 1.07. The standard InChI is InChI=1S/C6H11Cl/c1-6(2)3-5(7)4-6/h5H,3-4H2,1-2H3. The van der Waals surface area contributed by atoms with Crippen LogP contribution in [0, 0.1) is 5.41 Å². The Morgan fingerprint density at radius 1 is 1.43 bits per heavy atom. The van der Waals surface area contributed by atoms with Crippen LogP contribution in [0.15, 0.2) is 0 Å². The highest BCUT2D eigenvalue weighted by Crippen LogP contribution is 2.42. The summed E-state index contributed by atoms with van der Waals surface area (Å²) in [5, 5.41) is 0.481. The van der Waals surface area contributed by atoms with Crippen LogP contribution in [0.5, 0.6) is 0 Å². The summed E-state index contributed by atoms with van der Waals surface area (Å²) in [5.74, 6) is 0. The minimum absolute atomic E-state index is 0.481. The molecule has 0 unspecified atom stereocenters.